The van der Waals surface area contributed by atoms with E-state index in [1.165, 1.54) is 13.3 Å². The molecule has 7 heteroatoms. The van der Waals surface area contributed by atoms with Crippen LogP contribution in [0.3, 0.4) is 0 Å². The molecule has 0 radical (unpaired) electrons. The number of hydrogen-bond acceptors (Lipinski definition) is 6. The SMILES string of the molecule is COC(=O)[C@H]1NC=C(NC(=O)Cc2ccccc2)C(=O)SC1(C)C. The largest absolute Gasteiger partial charge is 0.467 e. The second kappa shape index (κ2) is 7.53. The number of methoxy groups -OCH3 is 1. The Kier molecular flexibility index (Phi) is 5.66. The number of carbonyl (C=O) groups excluding carboxylic acids is 3. The fourth-order valence-electron chi connectivity index (χ4n) is 2.31. The summed E-state index contributed by atoms with van der Waals surface area (Å²) in [5.41, 5.74) is 0.977. The van der Waals surface area contributed by atoms with Gasteiger partial charge in [-0.05, 0) is 19.4 Å². The molecule has 0 bridgehead atoms. The summed E-state index contributed by atoms with van der Waals surface area (Å²) in [6, 6.07) is 8.55. The Bertz CT molecular complexity index is 670. The fraction of sp³-hybridized carbons (Fsp3) is 0.353. The van der Waals surface area contributed by atoms with E-state index in [1.807, 2.05) is 30.3 Å². The smallest absolute Gasteiger partial charge is 0.329 e. The van der Waals surface area contributed by atoms with Gasteiger partial charge in [0, 0.05) is 10.9 Å². The molecule has 128 valence electrons. The van der Waals surface area contributed by atoms with E-state index < -0.39 is 16.8 Å². The average Bonchev–Trinajstić information content (AvgIpc) is 2.63. The van der Waals surface area contributed by atoms with Crippen molar-refractivity contribution >= 4 is 28.8 Å². The molecule has 1 atom stereocenters. The van der Waals surface area contributed by atoms with Crippen LogP contribution in [0.5, 0.6) is 0 Å². The topological polar surface area (TPSA) is 84.5 Å². The Morgan fingerprint density at radius 3 is 2.58 bits per heavy atom. The molecule has 6 nitrogen and oxygen atoms in total. The van der Waals surface area contributed by atoms with Crippen molar-refractivity contribution in [2.45, 2.75) is 31.1 Å². The molecule has 2 N–H and O–H groups in total. The normalized spacial score (nSPS) is 19.5. The number of ether oxygens (including phenoxy) is 1. The lowest BCUT2D eigenvalue weighted by atomic mass is 10.0. The van der Waals surface area contributed by atoms with E-state index in [2.05, 4.69) is 10.6 Å². The van der Waals surface area contributed by atoms with Crippen molar-refractivity contribution < 1.29 is 19.1 Å². The number of hydrogen-bond donors (Lipinski definition) is 2. The molecular formula is C17H20N2O4S. The van der Waals surface area contributed by atoms with Gasteiger partial charge in [0.2, 0.25) is 11.0 Å². The van der Waals surface area contributed by atoms with Crippen molar-refractivity contribution in [1.82, 2.24) is 10.6 Å². The number of thioether (sulfide) groups is 1. The van der Waals surface area contributed by atoms with Crippen LogP contribution in [-0.2, 0) is 25.5 Å². The van der Waals surface area contributed by atoms with Crippen LogP contribution in [-0.4, -0.2) is 34.9 Å². The number of rotatable bonds is 4. The molecule has 1 amide bonds. The summed E-state index contributed by atoms with van der Waals surface area (Å²) in [4.78, 5) is 36.4. The minimum atomic E-state index is -0.716. The van der Waals surface area contributed by atoms with Crippen LogP contribution in [0.2, 0.25) is 0 Å². The molecular weight excluding hydrogens is 328 g/mol. The van der Waals surface area contributed by atoms with Crippen LogP contribution < -0.4 is 10.6 Å². The molecule has 0 fully saturated rings. The summed E-state index contributed by atoms with van der Waals surface area (Å²) in [5, 5.41) is 5.18. The second-order valence-corrected chi connectivity index (χ2v) is 7.51. The van der Waals surface area contributed by atoms with Crippen LogP contribution in [0.1, 0.15) is 19.4 Å². The highest BCUT2D eigenvalue weighted by Crippen LogP contribution is 2.33. The van der Waals surface area contributed by atoms with Crippen LogP contribution in [0, 0.1) is 0 Å². The van der Waals surface area contributed by atoms with Crippen LogP contribution in [0.25, 0.3) is 0 Å². The first kappa shape index (κ1) is 18.1. The Balaban J connectivity index is 2.09. The summed E-state index contributed by atoms with van der Waals surface area (Å²) >= 11 is 0.987. The van der Waals surface area contributed by atoms with Crippen molar-refractivity contribution in [1.29, 1.82) is 0 Å². The van der Waals surface area contributed by atoms with E-state index >= 15 is 0 Å². The minimum Gasteiger partial charge on any atom is -0.467 e. The molecule has 0 spiro atoms. The molecule has 1 heterocycles. The molecule has 1 aromatic carbocycles. The number of nitrogens with one attached hydrogen (secondary N) is 2. The van der Waals surface area contributed by atoms with Crippen molar-refractivity contribution in [2.75, 3.05) is 7.11 Å². The maximum atomic E-state index is 12.4. The monoisotopic (exact) mass is 348 g/mol. The molecule has 1 aromatic rings. The standard InChI is InChI=1S/C17H20N2O4S/c1-17(2)14(15(21)23-3)18-10-12(16(22)24-17)19-13(20)9-11-7-5-4-6-8-11/h4-8,10,14,18H,9H2,1-3H3,(H,19,20)/t14-/m1/s1. The van der Waals surface area contributed by atoms with Crippen molar-refractivity contribution in [3.63, 3.8) is 0 Å². The van der Waals surface area contributed by atoms with Crippen LogP contribution >= 0.6 is 11.8 Å². The van der Waals surface area contributed by atoms with E-state index in [1.54, 1.807) is 13.8 Å². The van der Waals surface area contributed by atoms with Gasteiger partial charge in [-0.25, -0.2) is 4.79 Å². The van der Waals surface area contributed by atoms with Crippen molar-refractivity contribution in [2.24, 2.45) is 0 Å². The molecule has 1 aliphatic heterocycles. The maximum absolute atomic E-state index is 12.4. The zero-order chi connectivity index (χ0) is 17.7. The molecule has 0 saturated carbocycles. The highest BCUT2D eigenvalue weighted by molar-refractivity contribution is 8.15. The Hall–Kier alpha value is -2.28. The zero-order valence-corrected chi connectivity index (χ0v) is 14.6. The third kappa shape index (κ3) is 4.38. The van der Waals surface area contributed by atoms with Crippen LogP contribution in [0.15, 0.2) is 42.2 Å². The summed E-state index contributed by atoms with van der Waals surface area (Å²) < 4.78 is 4.05. The molecule has 1 aliphatic rings. The molecule has 0 unspecified atom stereocenters. The van der Waals surface area contributed by atoms with E-state index in [-0.39, 0.29) is 23.1 Å². The molecule has 0 aliphatic carbocycles. The number of esters is 1. The van der Waals surface area contributed by atoms with Gasteiger partial charge in [-0.3, -0.25) is 9.59 Å². The molecule has 0 saturated heterocycles. The van der Waals surface area contributed by atoms with Gasteiger partial charge in [0.25, 0.3) is 0 Å². The van der Waals surface area contributed by atoms with Gasteiger partial charge < -0.3 is 15.4 Å². The minimum absolute atomic E-state index is 0.125. The van der Waals surface area contributed by atoms with Gasteiger partial charge in [0.05, 0.1) is 13.5 Å². The lowest BCUT2D eigenvalue weighted by Crippen LogP contribution is -2.48. The molecule has 24 heavy (non-hydrogen) atoms. The second-order valence-electron chi connectivity index (χ2n) is 5.88. The average molecular weight is 348 g/mol. The quantitative estimate of drug-likeness (QED) is 0.800. The third-order valence-corrected chi connectivity index (χ3v) is 4.75. The van der Waals surface area contributed by atoms with E-state index in [9.17, 15) is 14.4 Å². The lowest BCUT2D eigenvalue weighted by Gasteiger charge is -2.29. The van der Waals surface area contributed by atoms with Gasteiger partial charge in [-0.2, -0.15) is 0 Å². The van der Waals surface area contributed by atoms with Gasteiger partial charge in [0.15, 0.2) is 0 Å². The van der Waals surface area contributed by atoms with Crippen LogP contribution in [0.4, 0.5) is 0 Å². The molecule has 2 rings (SSSR count). The Labute approximate surface area is 145 Å². The van der Waals surface area contributed by atoms with Crippen molar-refractivity contribution in [3.8, 4) is 0 Å². The zero-order valence-electron chi connectivity index (χ0n) is 13.8. The third-order valence-electron chi connectivity index (χ3n) is 3.58. The summed E-state index contributed by atoms with van der Waals surface area (Å²) in [6.45, 7) is 3.54. The highest BCUT2D eigenvalue weighted by Gasteiger charge is 2.41. The first-order valence-electron chi connectivity index (χ1n) is 7.44. The first-order valence-corrected chi connectivity index (χ1v) is 8.26. The van der Waals surface area contributed by atoms with E-state index in [0.29, 0.717) is 0 Å². The predicted molar refractivity (Wildman–Crippen MR) is 92.0 cm³/mol. The lowest BCUT2D eigenvalue weighted by molar-refractivity contribution is -0.143. The Morgan fingerprint density at radius 2 is 1.96 bits per heavy atom. The number of amides is 1. The van der Waals surface area contributed by atoms with Gasteiger partial charge >= 0.3 is 5.97 Å². The van der Waals surface area contributed by atoms with E-state index in [4.69, 9.17) is 4.74 Å². The fourth-order valence-corrected chi connectivity index (χ4v) is 3.29. The maximum Gasteiger partial charge on any atom is 0.329 e. The first-order chi connectivity index (χ1) is 11.3. The number of carbonyl (C=O) groups is 3. The van der Waals surface area contributed by atoms with Gasteiger partial charge in [0.1, 0.15) is 11.7 Å². The van der Waals surface area contributed by atoms with E-state index in [0.717, 1.165) is 17.3 Å². The predicted octanol–water partition coefficient (Wildman–Crippen LogP) is 1.37. The summed E-state index contributed by atoms with van der Waals surface area (Å²) in [5.74, 6) is -0.758. The van der Waals surface area contributed by atoms with Gasteiger partial charge in [-0.1, -0.05) is 42.1 Å². The van der Waals surface area contributed by atoms with Crippen molar-refractivity contribution in [3.05, 3.63) is 47.8 Å². The van der Waals surface area contributed by atoms with Gasteiger partial charge in [-0.15, -0.1) is 0 Å². The Morgan fingerprint density at radius 1 is 1.29 bits per heavy atom. The summed E-state index contributed by atoms with van der Waals surface area (Å²) in [6.07, 6.45) is 1.54. The highest BCUT2D eigenvalue weighted by atomic mass is 32.2. The summed E-state index contributed by atoms with van der Waals surface area (Å²) in [7, 11) is 1.30. The number of benzene rings is 1. The molecule has 0 aromatic heterocycles.